The monoisotopic (exact) mass is 335 g/mol. The van der Waals surface area contributed by atoms with Crippen LogP contribution >= 0.6 is 15.9 Å². The van der Waals surface area contributed by atoms with E-state index >= 15 is 0 Å². The van der Waals surface area contributed by atoms with E-state index in [1.165, 1.54) is 11.6 Å². The number of anilines is 1. The second-order valence-electron chi connectivity index (χ2n) is 4.98. The van der Waals surface area contributed by atoms with Crippen LogP contribution in [0.4, 0.5) is 10.1 Å². The lowest BCUT2D eigenvalue weighted by Gasteiger charge is -2.17. The zero-order valence-corrected chi connectivity index (χ0v) is 13.4. The van der Waals surface area contributed by atoms with Crippen LogP contribution in [0.1, 0.15) is 37.4 Å². The van der Waals surface area contributed by atoms with Crippen molar-refractivity contribution in [2.24, 2.45) is 0 Å². The number of hydrogen-bond acceptors (Lipinski definition) is 1. The number of nitrogens with one attached hydrogen (secondary N) is 1. The van der Waals surface area contributed by atoms with Gasteiger partial charge >= 0.3 is 0 Å². The quantitative estimate of drug-likeness (QED) is 0.737. The first-order valence-electron chi connectivity index (χ1n) is 6.90. The molecule has 1 N–H and O–H groups in total. The van der Waals surface area contributed by atoms with Gasteiger partial charge in [0, 0.05) is 15.7 Å². The van der Waals surface area contributed by atoms with Crippen LogP contribution in [-0.2, 0) is 6.42 Å². The van der Waals surface area contributed by atoms with E-state index in [2.05, 4.69) is 52.4 Å². The average molecular weight is 336 g/mol. The number of benzene rings is 2. The zero-order valence-electron chi connectivity index (χ0n) is 11.8. The van der Waals surface area contributed by atoms with Crippen LogP contribution in [0.25, 0.3) is 0 Å². The fraction of sp³-hybridized carbons (Fsp3) is 0.294. The molecule has 0 spiro atoms. The molecule has 0 aliphatic rings. The predicted octanol–water partition coefficient (Wildman–Crippen LogP) is 5.71. The third kappa shape index (κ3) is 3.83. The van der Waals surface area contributed by atoms with Gasteiger partial charge < -0.3 is 5.32 Å². The first-order chi connectivity index (χ1) is 9.60. The van der Waals surface area contributed by atoms with Crippen molar-refractivity contribution in [1.82, 2.24) is 0 Å². The summed E-state index contributed by atoms with van der Waals surface area (Å²) in [5, 5.41) is 3.33. The molecule has 0 aliphatic carbocycles. The number of halogens is 2. The molecular formula is C17H19BrFN. The SMILES string of the molecule is CCCc1ccc(NC(C)c2cc(Br)ccc2F)cc1. The van der Waals surface area contributed by atoms with Crippen LogP contribution in [0.2, 0.25) is 0 Å². The Kier molecular flexibility index (Phi) is 5.18. The minimum absolute atomic E-state index is 0.0791. The zero-order chi connectivity index (χ0) is 14.5. The van der Waals surface area contributed by atoms with Crippen molar-refractivity contribution in [3.8, 4) is 0 Å². The van der Waals surface area contributed by atoms with Gasteiger partial charge in [-0.3, -0.25) is 0 Å². The molecule has 2 rings (SSSR count). The van der Waals surface area contributed by atoms with Crippen molar-refractivity contribution < 1.29 is 4.39 Å². The van der Waals surface area contributed by atoms with E-state index in [0.29, 0.717) is 5.56 Å². The Morgan fingerprint density at radius 3 is 2.50 bits per heavy atom. The van der Waals surface area contributed by atoms with Crippen molar-refractivity contribution in [3.63, 3.8) is 0 Å². The lowest BCUT2D eigenvalue weighted by Crippen LogP contribution is -2.08. The molecule has 2 aromatic carbocycles. The van der Waals surface area contributed by atoms with Crippen molar-refractivity contribution in [2.75, 3.05) is 5.32 Å². The lowest BCUT2D eigenvalue weighted by atomic mass is 10.1. The number of aryl methyl sites for hydroxylation is 1. The van der Waals surface area contributed by atoms with E-state index in [-0.39, 0.29) is 11.9 Å². The minimum Gasteiger partial charge on any atom is -0.378 e. The van der Waals surface area contributed by atoms with Crippen LogP contribution < -0.4 is 5.32 Å². The van der Waals surface area contributed by atoms with Gasteiger partial charge in [0.05, 0.1) is 6.04 Å². The van der Waals surface area contributed by atoms with Crippen LogP contribution in [0, 0.1) is 5.82 Å². The summed E-state index contributed by atoms with van der Waals surface area (Å²) in [5.74, 6) is -0.184. The highest BCUT2D eigenvalue weighted by molar-refractivity contribution is 9.10. The highest BCUT2D eigenvalue weighted by atomic mass is 79.9. The standard InChI is InChI=1S/C17H19BrFN/c1-3-4-13-5-8-15(9-6-13)20-12(2)16-11-14(18)7-10-17(16)19/h5-12,20H,3-4H2,1-2H3. The predicted molar refractivity (Wildman–Crippen MR) is 86.6 cm³/mol. The molecule has 0 saturated carbocycles. The van der Waals surface area contributed by atoms with Crippen LogP contribution in [0.3, 0.4) is 0 Å². The van der Waals surface area contributed by atoms with E-state index in [1.54, 1.807) is 6.07 Å². The van der Waals surface area contributed by atoms with Gasteiger partial charge in [0.25, 0.3) is 0 Å². The van der Waals surface area contributed by atoms with E-state index < -0.39 is 0 Å². The Bertz CT molecular complexity index is 566. The maximum Gasteiger partial charge on any atom is 0.128 e. The summed E-state index contributed by atoms with van der Waals surface area (Å²) in [5.41, 5.74) is 3.01. The van der Waals surface area contributed by atoms with E-state index in [4.69, 9.17) is 0 Å². The molecule has 0 aliphatic heterocycles. The first-order valence-corrected chi connectivity index (χ1v) is 7.70. The van der Waals surface area contributed by atoms with Crippen LogP contribution in [0.5, 0.6) is 0 Å². The van der Waals surface area contributed by atoms with Crippen LogP contribution in [0.15, 0.2) is 46.9 Å². The Morgan fingerprint density at radius 1 is 1.15 bits per heavy atom. The topological polar surface area (TPSA) is 12.0 Å². The highest BCUT2D eigenvalue weighted by Crippen LogP contribution is 2.25. The first kappa shape index (κ1) is 15.0. The van der Waals surface area contributed by atoms with Gasteiger partial charge in [0.15, 0.2) is 0 Å². The summed E-state index contributed by atoms with van der Waals surface area (Å²) >= 11 is 3.38. The van der Waals surface area contributed by atoms with Gasteiger partial charge in [0.1, 0.15) is 5.82 Å². The van der Waals surface area contributed by atoms with Crippen molar-refractivity contribution in [3.05, 3.63) is 63.9 Å². The molecule has 2 aromatic rings. The smallest absolute Gasteiger partial charge is 0.128 e. The number of rotatable bonds is 5. The highest BCUT2D eigenvalue weighted by Gasteiger charge is 2.11. The third-order valence-corrected chi connectivity index (χ3v) is 3.79. The molecule has 0 fully saturated rings. The second kappa shape index (κ2) is 6.89. The molecule has 0 saturated heterocycles. The molecule has 106 valence electrons. The fourth-order valence-corrected chi connectivity index (χ4v) is 2.61. The maximum absolute atomic E-state index is 13.8. The average Bonchev–Trinajstić information content (AvgIpc) is 2.44. The molecule has 1 atom stereocenters. The third-order valence-electron chi connectivity index (χ3n) is 3.30. The largest absolute Gasteiger partial charge is 0.378 e. The van der Waals surface area contributed by atoms with Gasteiger partial charge in [-0.1, -0.05) is 41.4 Å². The molecule has 1 unspecified atom stereocenters. The molecular weight excluding hydrogens is 317 g/mol. The van der Waals surface area contributed by atoms with E-state index in [0.717, 1.165) is 23.0 Å². The normalized spacial score (nSPS) is 12.2. The molecule has 0 bridgehead atoms. The summed E-state index contributed by atoms with van der Waals surface area (Å²) in [4.78, 5) is 0. The van der Waals surface area contributed by atoms with Gasteiger partial charge in [-0.25, -0.2) is 4.39 Å². The Hall–Kier alpha value is -1.35. The molecule has 3 heteroatoms. The summed E-state index contributed by atoms with van der Waals surface area (Å²) in [6.07, 6.45) is 2.24. The summed E-state index contributed by atoms with van der Waals surface area (Å²) in [6.45, 7) is 4.13. The molecule has 0 aromatic heterocycles. The van der Waals surface area contributed by atoms with Crippen LogP contribution in [-0.4, -0.2) is 0 Å². The Labute approximate surface area is 128 Å². The van der Waals surface area contributed by atoms with Crippen molar-refractivity contribution in [1.29, 1.82) is 0 Å². The summed E-state index contributed by atoms with van der Waals surface area (Å²) in [6, 6.07) is 13.3. The van der Waals surface area contributed by atoms with Gasteiger partial charge in [-0.15, -0.1) is 0 Å². The Morgan fingerprint density at radius 2 is 1.85 bits per heavy atom. The summed E-state index contributed by atoms with van der Waals surface area (Å²) < 4.78 is 14.7. The lowest BCUT2D eigenvalue weighted by molar-refractivity contribution is 0.600. The molecule has 0 heterocycles. The fourth-order valence-electron chi connectivity index (χ4n) is 2.23. The van der Waals surface area contributed by atoms with Gasteiger partial charge in [-0.2, -0.15) is 0 Å². The molecule has 0 amide bonds. The summed E-state index contributed by atoms with van der Waals surface area (Å²) in [7, 11) is 0. The second-order valence-corrected chi connectivity index (χ2v) is 5.89. The van der Waals surface area contributed by atoms with Crippen molar-refractivity contribution in [2.45, 2.75) is 32.7 Å². The van der Waals surface area contributed by atoms with E-state index in [1.807, 2.05) is 13.0 Å². The molecule has 1 nitrogen and oxygen atoms in total. The molecule has 0 radical (unpaired) electrons. The molecule has 20 heavy (non-hydrogen) atoms. The van der Waals surface area contributed by atoms with Gasteiger partial charge in [-0.05, 0) is 49.2 Å². The minimum atomic E-state index is -0.184. The van der Waals surface area contributed by atoms with Crippen molar-refractivity contribution >= 4 is 21.6 Å². The number of hydrogen-bond donors (Lipinski definition) is 1. The van der Waals surface area contributed by atoms with Gasteiger partial charge in [0.2, 0.25) is 0 Å². The van der Waals surface area contributed by atoms with E-state index in [9.17, 15) is 4.39 Å². The Balaban J connectivity index is 2.10. The maximum atomic E-state index is 13.8.